The fraction of sp³-hybridized carbons (Fsp3) is 0.222. The minimum atomic E-state index is -0.637. The van der Waals surface area contributed by atoms with Gasteiger partial charge in [-0.15, -0.1) is 10.2 Å². The van der Waals surface area contributed by atoms with Gasteiger partial charge >= 0.3 is 6.03 Å². The molecule has 0 spiro atoms. The molecule has 0 saturated heterocycles. The minimum Gasteiger partial charge on any atom is -0.469 e. The van der Waals surface area contributed by atoms with Gasteiger partial charge in [0.25, 0.3) is 0 Å². The number of hydrogen-bond acceptors (Lipinski definition) is 8. The molecule has 29 heavy (non-hydrogen) atoms. The van der Waals surface area contributed by atoms with Gasteiger partial charge in [-0.2, -0.15) is 0 Å². The number of ether oxygens (including phenoxy) is 2. The summed E-state index contributed by atoms with van der Waals surface area (Å²) < 4.78 is 17.5. The number of anilines is 1. The number of amides is 3. The summed E-state index contributed by atoms with van der Waals surface area (Å²) in [4.78, 5) is 24.1. The fourth-order valence-corrected chi connectivity index (χ4v) is 3.43. The summed E-state index contributed by atoms with van der Waals surface area (Å²) >= 11 is 1.17. The van der Waals surface area contributed by atoms with E-state index in [1.807, 2.05) is 6.92 Å². The third-order valence-electron chi connectivity index (χ3n) is 4.15. The van der Waals surface area contributed by atoms with E-state index in [0.29, 0.717) is 28.2 Å². The van der Waals surface area contributed by atoms with Gasteiger partial charge in [0.1, 0.15) is 5.76 Å². The lowest BCUT2D eigenvalue weighted by molar-refractivity contribution is -0.117. The molecule has 150 valence electrons. The third kappa shape index (κ3) is 4.04. The summed E-state index contributed by atoms with van der Waals surface area (Å²) in [6.07, 6.45) is 1.58. The first kappa shape index (κ1) is 18.9. The number of urea groups is 1. The van der Waals surface area contributed by atoms with Crippen molar-refractivity contribution in [3.8, 4) is 22.9 Å². The Morgan fingerprint density at radius 3 is 2.83 bits per heavy atom. The van der Waals surface area contributed by atoms with Crippen LogP contribution in [0.4, 0.5) is 10.5 Å². The molecule has 0 bridgehead atoms. The summed E-state index contributed by atoms with van der Waals surface area (Å²) in [7, 11) is 1.80. The molecule has 0 unspecified atom stereocenters. The first-order valence-corrected chi connectivity index (χ1v) is 9.57. The lowest BCUT2D eigenvalue weighted by atomic mass is 10.2. The van der Waals surface area contributed by atoms with Gasteiger partial charge in [-0.25, -0.2) is 4.79 Å². The summed E-state index contributed by atoms with van der Waals surface area (Å²) in [5.41, 5.74) is 1.32. The van der Waals surface area contributed by atoms with E-state index in [2.05, 4.69) is 20.8 Å². The van der Waals surface area contributed by atoms with Crippen LogP contribution in [0.15, 0.2) is 40.1 Å². The molecular formula is C18H17N5O5S. The van der Waals surface area contributed by atoms with Gasteiger partial charge in [0.2, 0.25) is 12.7 Å². The number of nitrogens with zero attached hydrogens (tertiary/aromatic N) is 3. The molecule has 2 N–H and O–H groups in total. The standard InChI is InChI=1S/C18H17N5O5S/c1-10-12(5-6-26-10)16-21-22-18(23(16)2)29-8-15(24)20-17(25)19-11-3-4-13-14(7-11)28-9-27-13/h3-7H,8-9H2,1-2H3,(H2,19,20,24,25). The molecule has 0 aliphatic carbocycles. The highest BCUT2D eigenvalue weighted by atomic mass is 32.2. The maximum Gasteiger partial charge on any atom is 0.325 e. The molecule has 1 aliphatic rings. The molecule has 0 radical (unpaired) electrons. The number of aryl methyl sites for hydroxylation is 1. The SMILES string of the molecule is Cc1occc1-c1nnc(SCC(=O)NC(=O)Nc2ccc3c(c2)OCO3)n1C. The monoisotopic (exact) mass is 415 g/mol. The largest absolute Gasteiger partial charge is 0.469 e. The number of benzene rings is 1. The van der Waals surface area contributed by atoms with Crippen molar-refractivity contribution in [1.29, 1.82) is 0 Å². The van der Waals surface area contributed by atoms with Crippen molar-refractivity contribution < 1.29 is 23.5 Å². The van der Waals surface area contributed by atoms with E-state index >= 15 is 0 Å². The van der Waals surface area contributed by atoms with E-state index in [1.165, 1.54) is 11.8 Å². The van der Waals surface area contributed by atoms with Crippen LogP contribution in [0.2, 0.25) is 0 Å². The molecular weight excluding hydrogens is 398 g/mol. The molecule has 10 nitrogen and oxygen atoms in total. The highest BCUT2D eigenvalue weighted by Crippen LogP contribution is 2.34. The molecule has 0 atom stereocenters. The van der Waals surface area contributed by atoms with Crippen LogP contribution in [0, 0.1) is 6.92 Å². The van der Waals surface area contributed by atoms with Gasteiger partial charge in [-0.1, -0.05) is 11.8 Å². The van der Waals surface area contributed by atoms with Gasteiger partial charge in [-0.3, -0.25) is 10.1 Å². The highest BCUT2D eigenvalue weighted by Gasteiger charge is 2.17. The molecule has 0 saturated carbocycles. The molecule has 11 heteroatoms. The van der Waals surface area contributed by atoms with Crippen LogP contribution in [-0.2, 0) is 11.8 Å². The van der Waals surface area contributed by atoms with Crippen LogP contribution < -0.4 is 20.1 Å². The van der Waals surface area contributed by atoms with E-state index in [4.69, 9.17) is 13.9 Å². The minimum absolute atomic E-state index is 0.00486. The smallest absolute Gasteiger partial charge is 0.325 e. The van der Waals surface area contributed by atoms with Crippen molar-refractivity contribution in [2.75, 3.05) is 17.9 Å². The Kier molecular flexibility index (Phi) is 5.12. The number of imide groups is 1. The Balaban J connectivity index is 1.31. The number of hydrogen-bond donors (Lipinski definition) is 2. The summed E-state index contributed by atoms with van der Waals surface area (Å²) in [6, 6.07) is 6.14. The number of nitrogens with one attached hydrogen (secondary N) is 2. The van der Waals surface area contributed by atoms with Gasteiger partial charge in [0, 0.05) is 18.8 Å². The second-order valence-corrected chi connectivity index (χ2v) is 7.06. The maximum absolute atomic E-state index is 12.1. The van der Waals surface area contributed by atoms with Gasteiger partial charge in [0.15, 0.2) is 22.5 Å². The van der Waals surface area contributed by atoms with Crippen molar-refractivity contribution in [2.45, 2.75) is 12.1 Å². The number of fused-ring (bicyclic) bond motifs is 1. The number of thioether (sulfide) groups is 1. The molecule has 3 aromatic rings. The Bertz CT molecular complexity index is 1080. The van der Waals surface area contributed by atoms with Crippen LogP contribution in [0.5, 0.6) is 11.5 Å². The number of carbonyl (C=O) groups is 2. The zero-order chi connectivity index (χ0) is 20.4. The molecule has 3 amide bonds. The average Bonchev–Trinajstić information content (AvgIpc) is 3.40. The molecule has 0 fully saturated rings. The van der Waals surface area contributed by atoms with Crippen LogP contribution in [-0.4, -0.2) is 39.2 Å². The van der Waals surface area contributed by atoms with Gasteiger partial charge < -0.3 is 23.8 Å². The van der Waals surface area contributed by atoms with Crippen molar-refractivity contribution in [2.24, 2.45) is 7.05 Å². The van der Waals surface area contributed by atoms with Crippen molar-refractivity contribution in [3.05, 3.63) is 36.3 Å². The van der Waals surface area contributed by atoms with Crippen LogP contribution in [0.3, 0.4) is 0 Å². The van der Waals surface area contributed by atoms with E-state index in [0.717, 1.165) is 11.3 Å². The highest BCUT2D eigenvalue weighted by molar-refractivity contribution is 7.99. The Labute approximate surface area is 169 Å². The first-order chi connectivity index (χ1) is 14.0. The molecule has 4 rings (SSSR count). The first-order valence-electron chi connectivity index (χ1n) is 8.58. The second kappa shape index (κ2) is 7.87. The Morgan fingerprint density at radius 2 is 2.03 bits per heavy atom. The maximum atomic E-state index is 12.1. The molecule has 2 aromatic heterocycles. The van der Waals surface area contributed by atoms with E-state index in [1.54, 1.807) is 42.1 Å². The molecule has 1 aliphatic heterocycles. The van der Waals surface area contributed by atoms with E-state index in [-0.39, 0.29) is 12.5 Å². The fourth-order valence-electron chi connectivity index (χ4n) is 2.72. The zero-order valence-corrected chi connectivity index (χ0v) is 16.4. The van der Waals surface area contributed by atoms with E-state index in [9.17, 15) is 9.59 Å². The Hall–Kier alpha value is -3.47. The summed E-state index contributed by atoms with van der Waals surface area (Å²) in [5, 5.41) is 13.6. The number of carbonyl (C=O) groups excluding carboxylic acids is 2. The van der Waals surface area contributed by atoms with Crippen LogP contribution in [0.25, 0.3) is 11.4 Å². The van der Waals surface area contributed by atoms with Crippen molar-refractivity contribution in [3.63, 3.8) is 0 Å². The summed E-state index contributed by atoms with van der Waals surface area (Å²) in [5.74, 6) is 2.06. The zero-order valence-electron chi connectivity index (χ0n) is 15.6. The quantitative estimate of drug-likeness (QED) is 0.610. The number of aromatic nitrogens is 3. The predicted molar refractivity (Wildman–Crippen MR) is 104 cm³/mol. The normalized spacial score (nSPS) is 12.1. The predicted octanol–water partition coefficient (Wildman–Crippen LogP) is 2.55. The van der Waals surface area contributed by atoms with E-state index < -0.39 is 11.9 Å². The summed E-state index contributed by atoms with van der Waals surface area (Å²) in [6.45, 7) is 1.98. The number of furan rings is 1. The molecule has 1 aromatic carbocycles. The lowest BCUT2D eigenvalue weighted by Crippen LogP contribution is -2.35. The van der Waals surface area contributed by atoms with Crippen molar-refractivity contribution >= 4 is 29.4 Å². The number of rotatable bonds is 5. The third-order valence-corrected chi connectivity index (χ3v) is 5.17. The average molecular weight is 415 g/mol. The van der Waals surface area contributed by atoms with Crippen LogP contribution in [0.1, 0.15) is 5.76 Å². The second-order valence-electron chi connectivity index (χ2n) is 6.11. The van der Waals surface area contributed by atoms with Gasteiger partial charge in [-0.05, 0) is 25.1 Å². The Morgan fingerprint density at radius 1 is 1.21 bits per heavy atom. The molecule has 3 heterocycles. The van der Waals surface area contributed by atoms with Gasteiger partial charge in [0.05, 0.1) is 17.6 Å². The van der Waals surface area contributed by atoms with Crippen LogP contribution >= 0.6 is 11.8 Å². The topological polar surface area (TPSA) is 121 Å². The van der Waals surface area contributed by atoms with Crippen molar-refractivity contribution in [1.82, 2.24) is 20.1 Å². The lowest BCUT2D eigenvalue weighted by Gasteiger charge is -2.07.